The number of hydrogen-bond acceptors (Lipinski definition) is 6. The van der Waals surface area contributed by atoms with E-state index in [1.54, 1.807) is 17.9 Å². The lowest BCUT2D eigenvalue weighted by Crippen LogP contribution is -2.50. The van der Waals surface area contributed by atoms with E-state index in [1.807, 2.05) is 6.92 Å². The van der Waals surface area contributed by atoms with Gasteiger partial charge in [0.1, 0.15) is 16.6 Å². The number of piperidine rings is 1. The monoisotopic (exact) mass is 388 g/mol. The van der Waals surface area contributed by atoms with E-state index in [0.29, 0.717) is 34.6 Å². The normalized spacial score (nSPS) is 32.0. The van der Waals surface area contributed by atoms with Crippen molar-refractivity contribution in [3.05, 3.63) is 33.3 Å². The van der Waals surface area contributed by atoms with Crippen molar-refractivity contribution in [3.8, 4) is 0 Å². The third-order valence-corrected chi connectivity index (χ3v) is 6.34. The van der Waals surface area contributed by atoms with Gasteiger partial charge < -0.3 is 15.2 Å². The van der Waals surface area contributed by atoms with Crippen LogP contribution in [0.5, 0.6) is 0 Å². The Labute approximate surface area is 152 Å². The van der Waals surface area contributed by atoms with E-state index in [-0.39, 0.29) is 18.7 Å². The molecule has 0 unspecified atom stereocenters. The predicted molar refractivity (Wildman–Crippen MR) is 87.5 cm³/mol. The summed E-state index contributed by atoms with van der Waals surface area (Å²) < 4.78 is 47.3. The number of ether oxygens (including phenoxy) is 1. The minimum Gasteiger partial charge on any atom is -0.386 e. The molecular formula is C16H19F3N4O2S. The van der Waals surface area contributed by atoms with E-state index >= 15 is 0 Å². The van der Waals surface area contributed by atoms with E-state index in [9.17, 15) is 18.3 Å². The highest BCUT2D eigenvalue weighted by atomic mass is 32.1. The summed E-state index contributed by atoms with van der Waals surface area (Å²) in [7, 11) is 1.76. The molecule has 2 N–H and O–H groups in total. The number of alkyl halides is 3. The predicted octanol–water partition coefficient (Wildman–Crippen LogP) is 2.67. The maximum atomic E-state index is 13.2. The molecule has 2 aromatic heterocycles. The molecule has 0 amide bonds. The van der Waals surface area contributed by atoms with Gasteiger partial charge in [0, 0.05) is 36.1 Å². The Bertz CT molecular complexity index is 821. The van der Waals surface area contributed by atoms with Crippen molar-refractivity contribution in [1.29, 1.82) is 0 Å². The van der Waals surface area contributed by atoms with Gasteiger partial charge in [-0.2, -0.15) is 13.2 Å². The third-order valence-electron chi connectivity index (χ3n) is 4.96. The number of aryl methyl sites for hydroxylation is 1. The first-order valence-electron chi connectivity index (χ1n) is 8.34. The minimum atomic E-state index is -4.44. The first-order valence-corrected chi connectivity index (χ1v) is 9.15. The summed E-state index contributed by atoms with van der Waals surface area (Å²) >= 11 is 0.677. The first kappa shape index (κ1) is 17.9. The number of thiophene rings is 1. The molecule has 0 aromatic carbocycles. The van der Waals surface area contributed by atoms with Crippen molar-refractivity contribution in [2.75, 3.05) is 6.61 Å². The van der Waals surface area contributed by atoms with Crippen LogP contribution >= 0.6 is 11.3 Å². The highest BCUT2D eigenvalue weighted by Crippen LogP contribution is 2.52. The van der Waals surface area contributed by atoms with Gasteiger partial charge >= 0.3 is 6.18 Å². The molecule has 0 radical (unpaired) electrons. The fraction of sp³-hybridized carbons (Fsp3) is 0.625. The average molecular weight is 388 g/mol. The zero-order valence-corrected chi connectivity index (χ0v) is 15.1. The van der Waals surface area contributed by atoms with Crippen LogP contribution in [0, 0.1) is 0 Å². The molecule has 10 heteroatoms. The van der Waals surface area contributed by atoms with Gasteiger partial charge in [-0.05, 0) is 19.4 Å². The van der Waals surface area contributed by atoms with Gasteiger partial charge in [0.2, 0.25) is 0 Å². The van der Waals surface area contributed by atoms with Crippen LogP contribution in [0.15, 0.2) is 12.3 Å². The Kier molecular flexibility index (Phi) is 4.14. The number of nitrogens with zero attached hydrogens (tertiary/aromatic N) is 3. The molecule has 4 heterocycles. The van der Waals surface area contributed by atoms with E-state index in [1.165, 1.54) is 0 Å². The molecule has 0 saturated carbocycles. The molecular weight excluding hydrogens is 369 g/mol. The van der Waals surface area contributed by atoms with Crippen LogP contribution in [-0.2, 0) is 23.6 Å². The first-order chi connectivity index (χ1) is 12.2. The Morgan fingerprint density at radius 1 is 1.42 bits per heavy atom. The lowest BCUT2D eigenvalue weighted by Gasteiger charge is -2.46. The molecule has 6 nitrogen and oxygen atoms in total. The van der Waals surface area contributed by atoms with Gasteiger partial charge in [-0.15, -0.1) is 16.4 Å². The number of nitrogens with one attached hydrogen (secondary N) is 1. The molecule has 1 saturated heterocycles. The van der Waals surface area contributed by atoms with E-state index in [4.69, 9.17) is 4.74 Å². The van der Waals surface area contributed by atoms with Gasteiger partial charge in [-0.3, -0.25) is 4.68 Å². The van der Waals surface area contributed by atoms with Crippen LogP contribution in [0.4, 0.5) is 13.2 Å². The highest BCUT2D eigenvalue weighted by molar-refractivity contribution is 7.12. The Morgan fingerprint density at radius 2 is 2.19 bits per heavy atom. The maximum Gasteiger partial charge on any atom is 0.425 e. The van der Waals surface area contributed by atoms with Gasteiger partial charge in [-0.1, -0.05) is 5.21 Å². The largest absolute Gasteiger partial charge is 0.425 e. The van der Waals surface area contributed by atoms with Crippen molar-refractivity contribution < 1.29 is 23.0 Å². The molecule has 2 aliphatic rings. The van der Waals surface area contributed by atoms with Crippen molar-refractivity contribution in [3.63, 3.8) is 0 Å². The quantitative estimate of drug-likeness (QED) is 0.786. The number of halogens is 3. The average Bonchev–Trinajstić information content (AvgIpc) is 3.18. The highest BCUT2D eigenvalue weighted by Gasteiger charge is 2.50. The van der Waals surface area contributed by atoms with Crippen LogP contribution in [0.2, 0.25) is 0 Å². The molecule has 4 atom stereocenters. The summed E-state index contributed by atoms with van der Waals surface area (Å²) in [6.45, 7) is 1.96. The fourth-order valence-corrected chi connectivity index (χ4v) is 5.18. The summed E-state index contributed by atoms with van der Waals surface area (Å²) in [6, 6.07) is 0.890. The van der Waals surface area contributed by atoms with Gasteiger partial charge in [0.05, 0.1) is 18.3 Å². The Balaban J connectivity index is 1.76. The number of aliphatic hydroxyl groups is 1. The van der Waals surface area contributed by atoms with Crippen LogP contribution in [0.25, 0.3) is 0 Å². The van der Waals surface area contributed by atoms with Crippen LogP contribution in [-0.4, -0.2) is 32.7 Å². The van der Waals surface area contributed by atoms with E-state index in [2.05, 4.69) is 15.6 Å². The van der Waals surface area contributed by atoms with Crippen molar-refractivity contribution in [2.45, 2.75) is 49.7 Å². The molecule has 1 fully saturated rings. The van der Waals surface area contributed by atoms with E-state index < -0.39 is 22.8 Å². The zero-order chi connectivity index (χ0) is 18.7. The molecule has 142 valence electrons. The summed E-state index contributed by atoms with van der Waals surface area (Å²) in [5.74, 6) is 0. The summed E-state index contributed by atoms with van der Waals surface area (Å²) in [6.07, 6.45) is -2.72. The van der Waals surface area contributed by atoms with Crippen molar-refractivity contribution in [1.82, 2.24) is 20.3 Å². The lowest BCUT2D eigenvalue weighted by molar-refractivity contribution is -0.134. The number of hydrogen-bond donors (Lipinski definition) is 2. The number of rotatable bonds is 1. The standard InChI is InChI=1S/C16H19F3N4O2S/c1-8-4-15(5-10(20-8)11-6-23(2)22-21-11)14-9(12(24)7-25-15)3-13(26-14)16(17,18)19/h3,6,8,10,12,20,24H,4-5,7H2,1-2H3/t8-,10-,12+,15-/m0/s1. The molecule has 0 aliphatic carbocycles. The summed E-state index contributed by atoms with van der Waals surface area (Å²) in [5.41, 5.74) is 0.193. The summed E-state index contributed by atoms with van der Waals surface area (Å²) in [4.78, 5) is -0.223. The number of aromatic nitrogens is 3. The third kappa shape index (κ3) is 2.94. The second-order valence-corrected chi connectivity index (χ2v) is 8.11. The number of fused-ring (bicyclic) bond motifs is 2. The van der Waals surface area contributed by atoms with E-state index in [0.717, 1.165) is 11.8 Å². The molecule has 0 bridgehead atoms. The molecule has 1 spiro atoms. The second kappa shape index (κ2) is 6.01. The minimum absolute atomic E-state index is 0.00952. The van der Waals surface area contributed by atoms with Crippen molar-refractivity contribution in [2.24, 2.45) is 7.05 Å². The zero-order valence-electron chi connectivity index (χ0n) is 14.2. The molecule has 2 aromatic rings. The molecule has 2 aliphatic heterocycles. The smallest absolute Gasteiger partial charge is 0.386 e. The number of aliphatic hydroxyl groups excluding tert-OH is 1. The van der Waals surface area contributed by atoms with Crippen molar-refractivity contribution >= 4 is 11.3 Å². The SMILES string of the molecule is C[C@H]1C[C@@]2(C[C@@H](c3cn(C)nn3)N1)OC[C@@H](O)c1cc(C(F)(F)F)sc12. The molecule has 4 rings (SSSR count). The van der Waals surface area contributed by atoms with Gasteiger partial charge in [0.15, 0.2) is 0 Å². The maximum absolute atomic E-state index is 13.2. The Hall–Kier alpha value is -1.49. The molecule has 26 heavy (non-hydrogen) atoms. The second-order valence-electron chi connectivity index (χ2n) is 7.06. The fourth-order valence-electron chi connectivity index (χ4n) is 3.93. The van der Waals surface area contributed by atoms with Gasteiger partial charge in [0.25, 0.3) is 0 Å². The van der Waals surface area contributed by atoms with Crippen LogP contribution in [0.1, 0.15) is 52.9 Å². The lowest BCUT2D eigenvalue weighted by atomic mass is 9.78. The van der Waals surface area contributed by atoms with Crippen LogP contribution < -0.4 is 5.32 Å². The Morgan fingerprint density at radius 3 is 2.85 bits per heavy atom. The summed E-state index contributed by atoms with van der Waals surface area (Å²) in [5, 5.41) is 21.7. The topological polar surface area (TPSA) is 72.2 Å². The van der Waals surface area contributed by atoms with Gasteiger partial charge in [-0.25, -0.2) is 0 Å². The van der Waals surface area contributed by atoms with Crippen LogP contribution in [0.3, 0.4) is 0 Å².